The van der Waals surface area contributed by atoms with Gasteiger partial charge in [0.15, 0.2) is 0 Å². The molecule has 4 nitrogen and oxygen atoms in total. The lowest BCUT2D eigenvalue weighted by molar-refractivity contribution is -0.00984. The summed E-state index contributed by atoms with van der Waals surface area (Å²) in [4.78, 5) is 5.21. The van der Waals surface area contributed by atoms with Gasteiger partial charge >= 0.3 is 0 Å². The minimum Gasteiger partial charge on any atom is -0.381 e. The van der Waals surface area contributed by atoms with E-state index in [1.54, 1.807) is 0 Å². The van der Waals surface area contributed by atoms with Crippen molar-refractivity contribution in [1.29, 1.82) is 0 Å². The number of ether oxygens (including phenoxy) is 1. The number of nitrogens with zero attached hydrogens (tertiary/aromatic N) is 2. The van der Waals surface area contributed by atoms with Crippen LogP contribution >= 0.6 is 0 Å². The number of rotatable bonds is 5. The molecule has 2 rings (SSSR count). The normalized spacial score (nSPS) is 29.2. The average molecular weight is 283 g/mol. The van der Waals surface area contributed by atoms with Crippen LogP contribution in [0.15, 0.2) is 0 Å². The predicted molar refractivity (Wildman–Crippen MR) is 84.2 cm³/mol. The van der Waals surface area contributed by atoms with Crippen LogP contribution in [0.3, 0.4) is 0 Å². The Kier molecular flexibility index (Phi) is 6.27. The molecule has 0 bridgehead atoms. The van der Waals surface area contributed by atoms with E-state index in [2.05, 4.69) is 36.0 Å². The van der Waals surface area contributed by atoms with Crippen LogP contribution in [-0.4, -0.2) is 75.4 Å². The molecule has 2 aliphatic rings. The van der Waals surface area contributed by atoms with Crippen molar-refractivity contribution in [3.8, 4) is 0 Å². The maximum Gasteiger partial charge on any atom is 0.0472 e. The molecule has 0 radical (unpaired) electrons. The van der Waals surface area contributed by atoms with E-state index in [1.165, 1.54) is 45.4 Å². The van der Waals surface area contributed by atoms with E-state index < -0.39 is 0 Å². The molecule has 2 heterocycles. The highest BCUT2D eigenvalue weighted by Gasteiger charge is 2.35. The molecule has 2 saturated heterocycles. The third-order valence-electron chi connectivity index (χ3n) is 5.03. The van der Waals surface area contributed by atoms with E-state index in [4.69, 9.17) is 4.74 Å². The molecule has 1 N–H and O–H groups in total. The molecule has 0 aromatic heterocycles. The first-order chi connectivity index (χ1) is 9.65. The van der Waals surface area contributed by atoms with Crippen molar-refractivity contribution in [3.05, 3.63) is 0 Å². The minimum absolute atomic E-state index is 0.422. The first-order valence-electron chi connectivity index (χ1n) is 8.36. The highest BCUT2D eigenvalue weighted by Crippen LogP contribution is 2.32. The second-order valence-electron chi connectivity index (χ2n) is 6.83. The summed E-state index contributed by atoms with van der Waals surface area (Å²) in [7, 11) is 2.25. The van der Waals surface area contributed by atoms with E-state index >= 15 is 0 Å². The molecule has 1 unspecified atom stereocenters. The molecule has 118 valence electrons. The van der Waals surface area contributed by atoms with Gasteiger partial charge in [-0.05, 0) is 58.3 Å². The van der Waals surface area contributed by atoms with Crippen molar-refractivity contribution < 1.29 is 4.74 Å². The summed E-state index contributed by atoms with van der Waals surface area (Å²) in [5.41, 5.74) is 0.422. The fourth-order valence-electron chi connectivity index (χ4n) is 3.67. The molecule has 4 heteroatoms. The molecule has 1 atom stereocenters. The van der Waals surface area contributed by atoms with Crippen molar-refractivity contribution in [3.63, 3.8) is 0 Å². The Morgan fingerprint density at radius 3 is 2.70 bits per heavy atom. The van der Waals surface area contributed by atoms with E-state index in [1.807, 2.05) is 0 Å². The maximum absolute atomic E-state index is 5.61. The highest BCUT2D eigenvalue weighted by molar-refractivity contribution is 4.89. The molecule has 0 amide bonds. The Morgan fingerprint density at radius 2 is 2.00 bits per heavy atom. The summed E-state index contributed by atoms with van der Waals surface area (Å²) < 4.78 is 5.61. The standard InChI is InChI=1S/C16H33N3O/c1-4-17-13-16(6-10-20-11-7-16)14-19-9-5-8-18(3)12-15(19)2/h15,17H,4-14H2,1-3H3. The van der Waals surface area contributed by atoms with E-state index in [-0.39, 0.29) is 0 Å². The lowest BCUT2D eigenvalue weighted by atomic mass is 9.79. The monoisotopic (exact) mass is 283 g/mol. The first kappa shape index (κ1) is 16.2. The molecule has 2 aliphatic heterocycles. The van der Waals surface area contributed by atoms with E-state index in [9.17, 15) is 0 Å². The SMILES string of the molecule is CCNCC1(CN2CCCN(C)CC2C)CCOCC1. The molecule has 0 spiro atoms. The van der Waals surface area contributed by atoms with Gasteiger partial charge in [-0.25, -0.2) is 0 Å². The van der Waals surface area contributed by atoms with E-state index in [0.717, 1.165) is 26.3 Å². The first-order valence-corrected chi connectivity index (χ1v) is 8.36. The zero-order chi connectivity index (χ0) is 14.4. The highest BCUT2D eigenvalue weighted by atomic mass is 16.5. The van der Waals surface area contributed by atoms with Gasteiger partial charge in [0.1, 0.15) is 0 Å². The molecule has 0 aromatic carbocycles. The van der Waals surface area contributed by atoms with Crippen LogP contribution in [0.2, 0.25) is 0 Å². The zero-order valence-electron chi connectivity index (χ0n) is 13.7. The van der Waals surface area contributed by atoms with Gasteiger partial charge in [-0.1, -0.05) is 6.92 Å². The Hall–Kier alpha value is -0.160. The number of hydrogen-bond donors (Lipinski definition) is 1. The number of hydrogen-bond acceptors (Lipinski definition) is 4. The van der Waals surface area contributed by atoms with Crippen molar-refractivity contribution in [2.75, 3.05) is 59.5 Å². The fraction of sp³-hybridized carbons (Fsp3) is 1.00. The summed E-state index contributed by atoms with van der Waals surface area (Å²) in [6, 6.07) is 0.670. The lowest BCUT2D eigenvalue weighted by Crippen LogP contribution is -2.50. The van der Waals surface area contributed by atoms with Gasteiger partial charge in [0.2, 0.25) is 0 Å². The Morgan fingerprint density at radius 1 is 1.25 bits per heavy atom. The summed E-state index contributed by atoms with van der Waals surface area (Å²) in [6.07, 6.45) is 3.72. The summed E-state index contributed by atoms with van der Waals surface area (Å²) in [5, 5.41) is 3.59. The molecular weight excluding hydrogens is 250 g/mol. The molecular formula is C16H33N3O. The number of nitrogens with one attached hydrogen (secondary N) is 1. The molecule has 0 saturated carbocycles. The van der Waals surface area contributed by atoms with Crippen molar-refractivity contribution >= 4 is 0 Å². The number of likely N-dealkylation sites (N-methyl/N-ethyl adjacent to an activating group) is 1. The van der Waals surface area contributed by atoms with Gasteiger partial charge in [-0.15, -0.1) is 0 Å². The Labute approximate surface area is 124 Å². The van der Waals surface area contributed by atoms with Crippen LogP contribution in [-0.2, 0) is 4.74 Å². The Balaban J connectivity index is 1.98. The van der Waals surface area contributed by atoms with Crippen LogP contribution in [0.5, 0.6) is 0 Å². The van der Waals surface area contributed by atoms with Crippen LogP contribution in [0.1, 0.15) is 33.1 Å². The zero-order valence-corrected chi connectivity index (χ0v) is 13.7. The summed E-state index contributed by atoms with van der Waals surface area (Å²) >= 11 is 0. The molecule has 20 heavy (non-hydrogen) atoms. The quantitative estimate of drug-likeness (QED) is 0.826. The lowest BCUT2D eigenvalue weighted by Gasteiger charge is -2.42. The van der Waals surface area contributed by atoms with Crippen molar-refractivity contribution in [2.45, 2.75) is 39.2 Å². The fourth-order valence-corrected chi connectivity index (χ4v) is 3.67. The second kappa shape index (κ2) is 7.74. The van der Waals surface area contributed by atoms with Gasteiger partial charge in [0, 0.05) is 38.9 Å². The molecule has 0 aliphatic carbocycles. The topological polar surface area (TPSA) is 27.7 Å². The third-order valence-corrected chi connectivity index (χ3v) is 5.03. The average Bonchev–Trinajstić information content (AvgIpc) is 2.59. The smallest absolute Gasteiger partial charge is 0.0472 e. The van der Waals surface area contributed by atoms with Gasteiger partial charge in [-0.3, -0.25) is 4.90 Å². The maximum atomic E-state index is 5.61. The van der Waals surface area contributed by atoms with Crippen molar-refractivity contribution in [2.24, 2.45) is 5.41 Å². The largest absolute Gasteiger partial charge is 0.381 e. The second-order valence-corrected chi connectivity index (χ2v) is 6.83. The van der Waals surface area contributed by atoms with Gasteiger partial charge < -0.3 is 15.0 Å². The van der Waals surface area contributed by atoms with E-state index in [0.29, 0.717) is 11.5 Å². The van der Waals surface area contributed by atoms with Crippen molar-refractivity contribution in [1.82, 2.24) is 15.1 Å². The van der Waals surface area contributed by atoms with Crippen LogP contribution in [0.4, 0.5) is 0 Å². The van der Waals surface area contributed by atoms with Crippen LogP contribution in [0.25, 0.3) is 0 Å². The summed E-state index contributed by atoms with van der Waals surface area (Å²) in [5.74, 6) is 0. The Bertz CT molecular complexity index is 279. The molecule has 2 fully saturated rings. The third kappa shape index (κ3) is 4.42. The van der Waals surface area contributed by atoms with Gasteiger partial charge in [-0.2, -0.15) is 0 Å². The van der Waals surface area contributed by atoms with Gasteiger partial charge in [0.05, 0.1) is 0 Å². The van der Waals surface area contributed by atoms with Crippen LogP contribution < -0.4 is 5.32 Å². The predicted octanol–water partition coefficient (Wildman–Crippen LogP) is 1.42. The van der Waals surface area contributed by atoms with Crippen LogP contribution in [0, 0.1) is 5.41 Å². The summed E-state index contributed by atoms with van der Waals surface area (Å²) in [6.45, 7) is 13.6. The van der Waals surface area contributed by atoms with Gasteiger partial charge in [0.25, 0.3) is 0 Å². The molecule has 0 aromatic rings. The minimum atomic E-state index is 0.422.